The van der Waals surface area contributed by atoms with Gasteiger partial charge in [0.05, 0.1) is 0 Å². The van der Waals surface area contributed by atoms with E-state index in [2.05, 4.69) is 17.1 Å². The lowest BCUT2D eigenvalue weighted by atomic mass is 10.1. The van der Waals surface area contributed by atoms with Crippen LogP contribution >= 0.6 is 0 Å². The van der Waals surface area contributed by atoms with Crippen LogP contribution in [0.2, 0.25) is 0 Å². The monoisotopic (exact) mass is 242 g/mol. The molecule has 0 fully saturated rings. The maximum atomic E-state index is 13.1. The lowest BCUT2D eigenvalue weighted by Gasteiger charge is -2.23. The predicted molar refractivity (Wildman–Crippen MR) is 65.9 cm³/mol. The average Bonchev–Trinajstić information content (AvgIpc) is 2.20. The fourth-order valence-corrected chi connectivity index (χ4v) is 1.91. The molecular weight excluding hydrogens is 222 g/mol. The lowest BCUT2D eigenvalue weighted by molar-refractivity contribution is 0.334. The molecule has 0 saturated carbocycles. The number of rotatable bonds is 5. The van der Waals surface area contributed by atoms with Gasteiger partial charge in [0.2, 0.25) is 0 Å². The predicted octanol–water partition coefficient (Wildman–Crippen LogP) is 2.57. The van der Waals surface area contributed by atoms with E-state index in [-0.39, 0.29) is 12.1 Å². The molecule has 1 rings (SSSR count). The third-order valence-electron chi connectivity index (χ3n) is 2.62. The summed E-state index contributed by atoms with van der Waals surface area (Å²) in [6, 6.07) is 4.31. The fraction of sp³-hybridized carbons (Fsp3) is 0.538. The van der Waals surface area contributed by atoms with Gasteiger partial charge in [0.15, 0.2) is 11.6 Å². The standard InChI is InChI=1S/C13H20F2N2/c1-9(8-17(3)4)16-10(2)11-5-6-12(14)13(15)7-11/h5-7,9-10,16H,8H2,1-4H3. The van der Waals surface area contributed by atoms with Crippen LogP contribution in [0, 0.1) is 11.6 Å². The van der Waals surface area contributed by atoms with Gasteiger partial charge in [-0.25, -0.2) is 8.78 Å². The van der Waals surface area contributed by atoms with E-state index in [9.17, 15) is 8.78 Å². The van der Waals surface area contributed by atoms with E-state index in [4.69, 9.17) is 0 Å². The Bertz CT molecular complexity index is 366. The first kappa shape index (κ1) is 14.1. The zero-order chi connectivity index (χ0) is 13.0. The lowest BCUT2D eigenvalue weighted by Crippen LogP contribution is -2.37. The van der Waals surface area contributed by atoms with E-state index in [0.29, 0.717) is 0 Å². The van der Waals surface area contributed by atoms with Crippen molar-refractivity contribution < 1.29 is 8.78 Å². The van der Waals surface area contributed by atoms with Gasteiger partial charge in [-0.3, -0.25) is 0 Å². The van der Waals surface area contributed by atoms with Gasteiger partial charge < -0.3 is 10.2 Å². The zero-order valence-corrected chi connectivity index (χ0v) is 10.8. The summed E-state index contributed by atoms with van der Waals surface area (Å²) in [5, 5.41) is 3.34. The quantitative estimate of drug-likeness (QED) is 0.853. The minimum atomic E-state index is -0.803. The van der Waals surface area contributed by atoms with Crippen LogP contribution in [0.3, 0.4) is 0 Å². The van der Waals surface area contributed by atoms with Gasteiger partial charge >= 0.3 is 0 Å². The maximum Gasteiger partial charge on any atom is 0.159 e. The topological polar surface area (TPSA) is 15.3 Å². The molecule has 0 amide bonds. The fourth-order valence-electron chi connectivity index (χ4n) is 1.91. The van der Waals surface area contributed by atoms with Gasteiger partial charge in [-0.2, -0.15) is 0 Å². The number of likely N-dealkylation sites (N-methyl/N-ethyl adjacent to an activating group) is 1. The van der Waals surface area contributed by atoms with Gasteiger partial charge in [-0.05, 0) is 45.6 Å². The molecule has 1 aromatic rings. The first-order chi connectivity index (χ1) is 7.90. The number of benzene rings is 1. The number of hydrogen-bond donors (Lipinski definition) is 1. The number of halogens is 2. The minimum absolute atomic E-state index is 0.0000463. The molecule has 1 N–H and O–H groups in total. The van der Waals surface area contributed by atoms with Gasteiger partial charge in [-0.1, -0.05) is 6.07 Å². The van der Waals surface area contributed by atoms with Gasteiger partial charge in [-0.15, -0.1) is 0 Å². The van der Waals surface area contributed by atoms with Crippen LogP contribution in [0.1, 0.15) is 25.5 Å². The van der Waals surface area contributed by atoms with Crippen molar-refractivity contribution in [1.82, 2.24) is 10.2 Å². The molecule has 2 atom stereocenters. The molecule has 0 spiro atoms. The molecule has 0 bridgehead atoms. The molecule has 96 valence electrons. The molecule has 2 nitrogen and oxygen atoms in total. The van der Waals surface area contributed by atoms with Crippen LogP contribution in [-0.2, 0) is 0 Å². The molecule has 0 aliphatic heterocycles. The Kier molecular flexibility index (Phi) is 5.02. The summed E-state index contributed by atoms with van der Waals surface area (Å²) in [5.41, 5.74) is 0.759. The second-order valence-corrected chi connectivity index (χ2v) is 4.73. The minimum Gasteiger partial charge on any atom is -0.308 e. The van der Waals surface area contributed by atoms with E-state index in [1.54, 1.807) is 6.07 Å². The van der Waals surface area contributed by atoms with Crippen molar-refractivity contribution in [3.63, 3.8) is 0 Å². The van der Waals surface area contributed by atoms with Crippen LogP contribution in [0.15, 0.2) is 18.2 Å². The van der Waals surface area contributed by atoms with E-state index in [0.717, 1.165) is 12.1 Å². The Morgan fingerprint density at radius 3 is 2.35 bits per heavy atom. The second kappa shape index (κ2) is 6.07. The number of hydrogen-bond acceptors (Lipinski definition) is 2. The molecule has 0 saturated heterocycles. The van der Waals surface area contributed by atoms with E-state index in [1.807, 2.05) is 21.0 Å². The normalized spacial score (nSPS) is 15.0. The number of nitrogens with one attached hydrogen (secondary N) is 1. The highest BCUT2D eigenvalue weighted by Crippen LogP contribution is 2.16. The van der Waals surface area contributed by atoms with Gasteiger partial charge in [0, 0.05) is 18.6 Å². The van der Waals surface area contributed by atoms with Crippen LogP contribution in [-0.4, -0.2) is 31.6 Å². The van der Waals surface area contributed by atoms with Crippen molar-refractivity contribution in [2.45, 2.75) is 25.9 Å². The molecule has 0 aliphatic carbocycles. The maximum absolute atomic E-state index is 13.1. The SMILES string of the molecule is CC(CN(C)C)NC(C)c1ccc(F)c(F)c1. The molecule has 0 heterocycles. The summed E-state index contributed by atoms with van der Waals surface area (Å²) in [7, 11) is 4.00. The Morgan fingerprint density at radius 1 is 1.18 bits per heavy atom. The summed E-state index contributed by atoms with van der Waals surface area (Å²) in [6.07, 6.45) is 0. The van der Waals surface area contributed by atoms with Crippen LogP contribution < -0.4 is 5.32 Å². The summed E-state index contributed by atoms with van der Waals surface area (Å²) < 4.78 is 25.9. The molecular formula is C13H20F2N2. The van der Waals surface area contributed by atoms with Gasteiger partial charge in [0.1, 0.15) is 0 Å². The average molecular weight is 242 g/mol. The third-order valence-corrected chi connectivity index (χ3v) is 2.62. The molecule has 4 heteroatoms. The highest BCUT2D eigenvalue weighted by molar-refractivity contribution is 5.20. The van der Waals surface area contributed by atoms with Crippen molar-refractivity contribution in [3.05, 3.63) is 35.4 Å². The summed E-state index contributed by atoms with van der Waals surface area (Å²) in [5.74, 6) is -1.60. The van der Waals surface area contributed by atoms with Gasteiger partial charge in [0.25, 0.3) is 0 Å². The van der Waals surface area contributed by atoms with Crippen molar-refractivity contribution >= 4 is 0 Å². The van der Waals surface area contributed by atoms with Crippen molar-refractivity contribution in [3.8, 4) is 0 Å². The Labute approximate surface area is 102 Å². The first-order valence-electron chi connectivity index (χ1n) is 5.76. The second-order valence-electron chi connectivity index (χ2n) is 4.73. The number of nitrogens with zero attached hydrogens (tertiary/aromatic N) is 1. The van der Waals surface area contributed by atoms with Crippen molar-refractivity contribution in [2.75, 3.05) is 20.6 Å². The van der Waals surface area contributed by atoms with E-state index in [1.165, 1.54) is 12.1 Å². The summed E-state index contributed by atoms with van der Waals surface area (Å²) in [4.78, 5) is 2.08. The highest BCUT2D eigenvalue weighted by atomic mass is 19.2. The molecule has 0 aromatic heterocycles. The molecule has 2 unspecified atom stereocenters. The van der Waals surface area contributed by atoms with Crippen molar-refractivity contribution in [2.24, 2.45) is 0 Å². The van der Waals surface area contributed by atoms with E-state index >= 15 is 0 Å². The van der Waals surface area contributed by atoms with Crippen molar-refractivity contribution in [1.29, 1.82) is 0 Å². The zero-order valence-electron chi connectivity index (χ0n) is 10.8. The smallest absolute Gasteiger partial charge is 0.159 e. The third kappa shape index (κ3) is 4.40. The molecule has 0 aliphatic rings. The molecule has 1 aromatic carbocycles. The largest absolute Gasteiger partial charge is 0.308 e. The first-order valence-corrected chi connectivity index (χ1v) is 5.76. The Balaban J connectivity index is 2.63. The highest BCUT2D eigenvalue weighted by Gasteiger charge is 2.12. The molecule has 0 radical (unpaired) electrons. The Morgan fingerprint density at radius 2 is 1.82 bits per heavy atom. The van der Waals surface area contributed by atoms with Crippen LogP contribution in [0.4, 0.5) is 8.78 Å². The van der Waals surface area contributed by atoms with Crippen LogP contribution in [0.5, 0.6) is 0 Å². The van der Waals surface area contributed by atoms with E-state index < -0.39 is 11.6 Å². The molecule has 17 heavy (non-hydrogen) atoms. The summed E-state index contributed by atoms with van der Waals surface area (Å²) >= 11 is 0. The Hall–Kier alpha value is -1.00. The van der Waals surface area contributed by atoms with Crippen LogP contribution in [0.25, 0.3) is 0 Å². The summed E-state index contributed by atoms with van der Waals surface area (Å²) in [6.45, 7) is 4.91.